The minimum Gasteiger partial charge on any atom is -0.343 e. The van der Waals surface area contributed by atoms with E-state index >= 15 is 0 Å². The first-order valence-electron chi connectivity index (χ1n) is 6.58. The van der Waals surface area contributed by atoms with Gasteiger partial charge in [-0.05, 0) is 12.0 Å². The van der Waals surface area contributed by atoms with E-state index in [1.54, 1.807) is 0 Å². The Morgan fingerprint density at radius 1 is 1.21 bits per heavy atom. The van der Waals surface area contributed by atoms with Gasteiger partial charge in [-0.25, -0.2) is 9.97 Å². The number of nitrogens with zero attached hydrogens (tertiary/aromatic N) is 3. The Labute approximate surface area is 114 Å². The molecule has 0 fully saturated rings. The molecule has 1 aromatic heterocycles. The Hall–Kier alpha value is -1.94. The Bertz CT molecular complexity index is 525. The lowest BCUT2D eigenvalue weighted by Gasteiger charge is -2.17. The number of hydrogen-bond acceptors (Lipinski definition) is 4. The molecule has 0 atom stereocenters. The van der Waals surface area contributed by atoms with E-state index in [-0.39, 0.29) is 0 Å². The summed E-state index contributed by atoms with van der Waals surface area (Å²) in [5.41, 5.74) is 8.89. The molecule has 0 bridgehead atoms. The third-order valence-corrected chi connectivity index (χ3v) is 3.08. The van der Waals surface area contributed by atoms with Crippen molar-refractivity contribution in [2.24, 2.45) is 5.73 Å². The molecule has 0 unspecified atom stereocenters. The van der Waals surface area contributed by atoms with Crippen LogP contribution in [-0.4, -0.2) is 30.1 Å². The summed E-state index contributed by atoms with van der Waals surface area (Å²) < 4.78 is 0. The van der Waals surface area contributed by atoms with E-state index in [9.17, 15) is 0 Å². The number of aromatic nitrogens is 2. The van der Waals surface area contributed by atoms with E-state index in [0.29, 0.717) is 6.54 Å². The van der Waals surface area contributed by atoms with Crippen LogP contribution in [0.3, 0.4) is 0 Å². The lowest BCUT2D eigenvalue weighted by atomic mass is 10.0. The first kappa shape index (κ1) is 13.5. The number of anilines is 1. The normalized spacial score (nSPS) is 10.5. The zero-order valence-electron chi connectivity index (χ0n) is 11.5. The van der Waals surface area contributed by atoms with Crippen molar-refractivity contribution in [1.29, 1.82) is 0 Å². The number of nitrogens with two attached hydrogens (primary N) is 1. The van der Waals surface area contributed by atoms with E-state index < -0.39 is 0 Å². The molecule has 0 saturated heterocycles. The van der Waals surface area contributed by atoms with E-state index in [1.807, 2.05) is 36.3 Å². The van der Waals surface area contributed by atoms with Crippen molar-refractivity contribution in [2.75, 3.05) is 25.0 Å². The highest BCUT2D eigenvalue weighted by Crippen LogP contribution is 2.23. The lowest BCUT2D eigenvalue weighted by molar-refractivity contribution is 0.835. The molecule has 2 aromatic rings. The van der Waals surface area contributed by atoms with Gasteiger partial charge in [0.1, 0.15) is 0 Å². The fourth-order valence-corrected chi connectivity index (χ4v) is 2.01. The van der Waals surface area contributed by atoms with Crippen molar-refractivity contribution in [2.45, 2.75) is 13.3 Å². The maximum atomic E-state index is 5.56. The standard InChI is InChI=1S/C15H20N4/c1-3-14-13(12-7-5-4-6-8-12)11-17-15(18-14)19(2)10-9-16/h4-8,11H,3,9-10,16H2,1-2H3. The van der Waals surface area contributed by atoms with Crippen LogP contribution in [0.4, 0.5) is 5.95 Å². The Balaban J connectivity index is 2.37. The van der Waals surface area contributed by atoms with Crippen LogP contribution in [0, 0.1) is 0 Å². The molecule has 0 radical (unpaired) electrons. The van der Waals surface area contributed by atoms with Gasteiger partial charge in [0, 0.05) is 31.9 Å². The van der Waals surface area contributed by atoms with Gasteiger partial charge in [-0.3, -0.25) is 0 Å². The molecular formula is C15H20N4. The van der Waals surface area contributed by atoms with Crippen molar-refractivity contribution in [1.82, 2.24) is 9.97 Å². The predicted molar refractivity (Wildman–Crippen MR) is 79.2 cm³/mol. The van der Waals surface area contributed by atoms with Crippen molar-refractivity contribution in [3.63, 3.8) is 0 Å². The van der Waals surface area contributed by atoms with Crippen molar-refractivity contribution >= 4 is 5.95 Å². The number of likely N-dealkylation sites (N-methyl/N-ethyl adjacent to an activating group) is 1. The Morgan fingerprint density at radius 3 is 2.58 bits per heavy atom. The van der Waals surface area contributed by atoms with Crippen molar-refractivity contribution in [3.8, 4) is 11.1 Å². The maximum absolute atomic E-state index is 5.56. The lowest BCUT2D eigenvalue weighted by Crippen LogP contribution is -2.27. The first-order valence-corrected chi connectivity index (χ1v) is 6.58. The fraction of sp³-hybridized carbons (Fsp3) is 0.333. The van der Waals surface area contributed by atoms with Crippen LogP contribution in [0.1, 0.15) is 12.6 Å². The highest BCUT2D eigenvalue weighted by atomic mass is 15.2. The molecular weight excluding hydrogens is 236 g/mol. The third kappa shape index (κ3) is 3.09. The van der Waals surface area contributed by atoms with Crippen molar-refractivity contribution in [3.05, 3.63) is 42.2 Å². The Kier molecular flexibility index (Phi) is 4.47. The number of hydrogen-bond donors (Lipinski definition) is 1. The second-order valence-corrected chi connectivity index (χ2v) is 4.46. The summed E-state index contributed by atoms with van der Waals surface area (Å²) in [5.74, 6) is 0.738. The average molecular weight is 256 g/mol. The molecule has 19 heavy (non-hydrogen) atoms. The molecule has 0 amide bonds. The molecule has 1 heterocycles. The molecule has 4 heteroatoms. The monoisotopic (exact) mass is 256 g/mol. The Morgan fingerprint density at radius 2 is 1.95 bits per heavy atom. The SMILES string of the molecule is CCc1nc(N(C)CCN)ncc1-c1ccccc1. The van der Waals surface area contributed by atoms with Crippen LogP contribution in [0.2, 0.25) is 0 Å². The van der Waals surface area contributed by atoms with Gasteiger partial charge in [0.25, 0.3) is 0 Å². The van der Waals surface area contributed by atoms with Gasteiger partial charge >= 0.3 is 0 Å². The molecule has 0 saturated carbocycles. The van der Waals surface area contributed by atoms with Gasteiger partial charge in [-0.1, -0.05) is 37.3 Å². The predicted octanol–water partition coefficient (Wildman–Crippen LogP) is 2.10. The number of rotatable bonds is 5. The zero-order chi connectivity index (χ0) is 13.7. The topological polar surface area (TPSA) is 55.0 Å². The maximum Gasteiger partial charge on any atom is 0.225 e. The summed E-state index contributed by atoms with van der Waals surface area (Å²) in [6.45, 7) is 3.47. The zero-order valence-corrected chi connectivity index (χ0v) is 11.5. The number of benzene rings is 1. The first-order chi connectivity index (χ1) is 9.26. The minimum atomic E-state index is 0.599. The fourth-order valence-electron chi connectivity index (χ4n) is 2.01. The summed E-state index contributed by atoms with van der Waals surface area (Å²) in [6, 6.07) is 10.2. The molecule has 4 nitrogen and oxygen atoms in total. The summed E-state index contributed by atoms with van der Waals surface area (Å²) >= 11 is 0. The van der Waals surface area contributed by atoms with Gasteiger partial charge in [0.05, 0.1) is 5.69 Å². The molecule has 0 aliphatic rings. The molecule has 0 aliphatic carbocycles. The van der Waals surface area contributed by atoms with Gasteiger partial charge in [0.2, 0.25) is 5.95 Å². The van der Waals surface area contributed by atoms with E-state index in [0.717, 1.165) is 35.7 Å². The number of aryl methyl sites for hydroxylation is 1. The molecule has 0 aliphatic heterocycles. The van der Waals surface area contributed by atoms with E-state index in [2.05, 4.69) is 29.0 Å². The molecule has 2 rings (SSSR count). The van der Waals surface area contributed by atoms with Gasteiger partial charge in [-0.15, -0.1) is 0 Å². The molecule has 100 valence electrons. The van der Waals surface area contributed by atoms with Crippen LogP contribution in [0.5, 0.6) is 0 Å². The van der Waals surface area contributed by atoms with Gasteiger partial charge in [-0.2, -0.15) is 0 Å². The highest BCUT2D eigenvalue weighted by Gasteiger charge is 2.10. The van der Waals surface area contributed by atoms with Crippen LogP contribution in [-0.2, 0) is 6.42 Å². The van der Waals surface area contributed by atoms with Crippen LogP contribution >= 0.6 is 0 Å². The largest absolute Gasteiger partial charge is 0.343 e. The highest BCUT2D eigenvalue weighted by molar-refractivity contribution is 5.65. The minimum absolute atomic E-state index is 0.599. The molecule has 0 spiro atoms. The van der Waals surface area contributed by atoms with Crippen LogP contribution < -0.4 is 10.6 Å². The summed E-state index contributed by atoms with van der Waals surface area (Å²) in [7, 11) is 1.96. The second kappa shape index (κ2) is 6.29. The summed E-state index contributed by atoms with van der Waals surface area (Å²) in [4.78, 5) is 11.1. The van der Waals surface area contributed by atoms with Gasteiger partial charge in [0.15, 0.2) is 0 Å². The van der Waals surface area contributed by atoms with Gasteiger partial charge < -0.3 is 10.6 Å². The van der Waals surface area contributed by atoms with E-state index in [4.69, 9.17) is 5.73 Å². The smallest absolute Gasteiger partial charge is 0.225 e. The third-order valence-electron chi connectivity index (χ3n) is 3.08. The molecule has 1 aromatic carbocycles. The average Bonchev–Trinajstić information content (AvgIpc) is 2.47. The van der Waals surface area contributed by atoms with Crippen LogP contribution in [0.15, 0.2) is 36.5 Å². The van der Waals surface area contributed by atoms with Crippen LogP contribution in [0.25, 0.3) is 11.1 Å². The summed E-state index contributed by atoms with van der Waals surface area (Å²) in [6.07, 6.45) is 2.79. The summed E-state index contributed by atoms with van der Waals surface area (Å²) in [5, 5.41) is 0. The van der Waals surface area contributed by atoms with Crippen molar-refractivity contribution < 1.29 is 0 Å². The van der Waals surface area contributed by atoms with E-state index in [1.165, 1.54) is 0 Å². The quantitative estimate of drug-likeness (QED) is 0.890. The second-order valence-electron chi connectivity index (χ2n) is 4.46. The molecule has 2 N–H and O–H groups in total.